The molecule has 0 unspecified atom stereocenters. The van der Waals surface area contributed by atoms with E-state index in [4.69, 9.17) is 5.84 Å². The van der Waals surface area contributed by atoms with E-state index in [-0.39, 0.29) is 0 Å². The predicted octanol–water partition coefficient (Wildman–Crippen LogP) is 0.295. The van der Waals surface area contributed by atoms with E-state index in [0.717, 1.165) is 37.8 Å². The lowest BCUT2D eigenvalue weighted by Gasteiger charge is -2.29. The molecule has 94 valence electrons. The summed E-state index contributed by atoms with van der Waals surface area (Å²) in [7, 11) is 0. The molecule has 0 radical (unpaired) electrons. The van der Waals surface area contributed by atoms with Gasteiger partial charge in [-0.15, -0.1) is 0 Å². The first-order valence-electron chi connectivity index (χ1n) is 6.02. The largest absolute Gasteiger partial charge is 0.354 e. The number of hydrazine groups is 1. The van der Waals surface area contributed by atoms with Crippen LogP contribution in [0.1, 0.15) is 25.6 Å². The Hall–Kier alpha value is -1.40. The van der Waals surface area contributed by atoms with Crippen LogP contribution in [-0.2, 0) is 0 Å². The molecule has 1 aliphatic heterocycles. The minimum Gasteiger partial charge on any atom is -0.354 e. The predicted molar refractivity (Wildman–Crippen MR) is 69.0 cm³/mol. The zero-order chi connectivity index (χ0) is 12.3. The Labute approximate surface area is 102 Å². The molecule has 2 heterocycles. The van der Waals surface area contributed by atoms with Gasteiger partial charge < -0.3 is 15.6 Å². The lowest BCUT2D eigenvalue weighted by atomic mass is 10.2. The Balaban J connectivity index is 2.28. The third kappa shape index (κ3) is 2.83. The summed E-state index contributed by atoms with van der Waals surface area (Å²) in [6.45, 7) is 8.09. The number of nitrogens with zero attached hydrogens (tertiary/aromatic N) is 3. The number of rotatable bonds is 3. The Morgan fingerprint density at radius 2 is 2.06 bits per heavy atom. The molecule has 0 aromatic carbocycles. The van der Waals surface area contributed by atoms with Gasteiger partial charge in [-0.05, 0) is 0 Å². The normalized spacial score (nSPS) is 16.4. The molecule has 1 saturated heterocycles. The number of nitrogens with one attached hydrogen (secondary N) is 2. The molecule has 6 nitrogen and oxygen atoms in total. The van der Waals surface area contributed by atoms with Crippen LogP contribution in [0, 0.1) is 0 Å². The highest BCUT2D eigenvalue weighted by Crippen LogP contribution is 2.19. The molecule has 2 rings (SSSR count). The quantitative estimate of drug-likeness (QED) is 0.517. The van der Waals surface area contributed by atoms with Crippen molar-refractivity contribution >= 4 is 11.6 Å². The van der Waals surface area contributed by atoms with Gasteiger partial charge in [-0.1, -0.05) is 13.8 Å². The van der Waals surface area contributed by atoms with Crippen LogP contribution in [0.25, 0.3) is 0 Å². The van der Waals surface area contributed by atoms with Gasteiger partial charge in [0.2, 0.25) is 0 Å². The van der Waals surface area contributed by atoms with Crippen LogP contribution in [-0.4, -0.2) is 36.1 Å². The number of nitrogens with two attached hydrogens (primary N) is 1. The summed E-state index contributed by atoms with van der Waals surface area (Å²) < 4.78 is 0. The van der Waals surface area contributed by atoms with Crippen LogP contribution in [0.2, 0.25) is 0 Å². The zero-order valence-corrected chi connectivity index (χ0v) is 10.4. The van der Waals surface area contributed by atoms with Crippen molar-refractivity contribution in [3.05, 3.63) is 11.9 Å². The van der Waals surface area contributed by atoms with Crippen LogP contribution in [0.3, 0.4) is 0 Å². The highest BCUT2D eigenvalue weighted by molar-refractivity contribution is 5.49. The van der Waals surface area contributed by atoms with E-state index in [1.54, 1.807) is 0 Å². The second kappa shape index (κ2) is 5.29. The minimum absolute atomic E-state index is 0.296. The van der Waals surface area contributed by atoms with E-state index in [2.05, 4.69) is 39.5 Å². The highest BCUT2D eigenvalue weighted by Gasteiger charge is 2.15. The van der Waals surface area contributed by atoms with Crippen molar-refractivity contribution < 1.29 is 0 Å². The van der Waals surface area contributed by atoms with Crippen molar-refractivity contribution in [2.45, 2.75) is 19.8 Å². The van der Waals surface area contributed by atoms with Crippen LogP contribution in [0.5, 0.6) is 0 Å². The number of hydrogen-bond acceptors (Lipinski definition) is 6. The topological polar surface area (TPSA) is 79.1 Å². The molecule has 1 aromatic heterocycles. The van der Waals surface area contributed by atoms with E-state index in [1.165, 1.54) is 0 Å². The van der Waals surface area contributed by atoms with E-state index in [0.29, 0.717) is 11.7 Å². The molecular formula is C11H20N6. The highest BCUT2D eigenvalue weighted by atomic mass is 15.3. The minimum atomic E-state index is 0.296. The SMILES string of the molecule is CC(C)c1nc(NN)cc(N2CCNCC2)n1. The molecule has 1 fully saturated rings. The number of nitrogen functional groups attached to an aromatic ring is 1. The van der Waals surface area contributed by atoms with Gasteiger partial charge in [-0.3, -0.25) is 0 Å². The molecule has 0 atom stereocenters. The maximum Gasteiger partial charge on any atom is 0.145 e. The maximum atomic E-state index is 5.45. The molecule has 4 N–H and O–H groups in total. The Kier molecular flexibility index (Phi) is 3.75. The fourth-order valence-electron chi connectivity index (χ4n) is 1.84. The summed E-state index contributed by atoms with van der Waals surface area (Å²) in [6.07, 6.45) is 0. The molecule has 1 aliphatic rings. The molecular weight excluding hydrogens is 216 g/mol. The smallest absolute Gasteiger partial charge is 0.145 e. The van der Waals surface area contributed by atoms with Crippen molar-refractivity contribution in [2.24, 2.45) is 5.84 Å². The molecule has 0 spiro atoms. The fourth-order valence-corrected chi connectivity index (χ4v) is 1.84. The second-order valence-electron chi connectivity index (χ2n) is 4.51. The molecule has 0 saturated carbocycles. The van der Waals surface area contributed by atoms with E-state index < -0.39 is 0 Å². The van der Waals surface area contributed by atoms with E-state index >= 15 is 0 Å². The lowest BCUT2D eigenvalue weighted by molar-refractivity contribution is 0.582. The second-order valence-corrected chi connectivity index (χ2v) is 4.51. The summed E-state index contributed by atoms with van der Waals surface area (Å²) >= 11 is 0. The van der Waals surface area contributed by atoms with Crippen molar-refractivity contribution in [3.8, 4) is 0 Å². The molecule has 17 heavy (non-hydrogen) atoms. The average Bonchev–Trinajstić information content (AvgIpc) is 2.39. The summed E-state index contributed by atoms with van der Waals surface area (Å²) in [5, 5.41) is 3.33. The van der Waals surface area contributed by atoms with E-state index in [9.17, 15) is 0 Å². The van der Waals surface area contributed by atoms with Gasteiger partial charge in [0.1, 0.15) is 17.5 Å². The first-order valence-corrected chi connectivity index (χ1v) is 6.02. The van der Waals surface area contributed by atoms with Crippen LogP contribution >= 0.6 is 0 Å². The molecule has 1 aromatic rings. The molecule has 0 amide bonds. The van der Waals surface area contributed by atoms with Crippen molar-refractivity contribution in [2.75, 3.05) is 36.5 Å². The number of hydrogen-bond donors (Lipinski definition) is 3. The van der Waals surface area contributed by atoms with Gasteiger partial charge in [0, 0.05) is 38.2 Å². The molecule has 0 aliphatic carbocycles. The summed E-state index contributed by atoms with van der Waals surface area (Å²) in [4.78, 5) is 11.2. The molecule has 6 heteroatoms. The number of aromatic nitrogens is 2. The third-order valence-electron chi connectivity index (χ3n) is 2.84. The standard InChI is InChI=1S/C11H20N6/c1-8(2)11-14-9(16-12)7-10(15-11)17-5-3-13-4-6-17/h7-8,13H,3-6,12H2,1-2H3,(H,14,15,16). The van der Waals surface area contributed by atoms with Gasteiger partial charge in [0.15, 0.2) is 0 Å². The average molecular weight is 236 g/mol. The number of anilines is 2. The van der Waals surface area contributed by atoms with Crippen molar-refractivity contribution in [1.82, 2.24) is 15.3 Å². The van der Waals surface area contributed by atoms with Gasteiger partial charge in [-0.25, -0.2) is 15.8 Å². The number of piperazine rings is 1. The first-order chi connectivity index (χ1) is 8.20. The summed E-state index contributed by atoms with van der Waals surface area (Å²) in [5.74, 6) is 8.20. The van der Waals surface area contributed by atoms with Crippen LogP contribution in [0.4, 0.5) is 11.6 Å². The van der Waals surface area contributed by atoms with Gasteiger partial charge in [0.05, 0.1) is 0 Å². The third-order valence-corrected chi connectivity index (χ3v) is 2.84. The molecule has 0 bridgehead atoms. The zero-order valence-electron chi connectivity index (χ0n) is 10.4. The van der Waals surface area contributed by atoms with Gasteiger partial charge in [0.25, 0.3) is 0 Å². The van der Waals surface area contributed by atoms with Crippen molar-refractivity contribution in [1.29, 1.82) is 0 Å². The summed E-state index contributed by atoms with van der Waals surface area (Å²) in [5.41, 5.74) is 2.61. The van der Waals surface area contributed by atoms with Gasteiger partial charge >= 0.3 is 0 Å². The monoisotopic (exact) mass is 236 g/mol. The van der Waals surface area contributed by atoms with Crippen LogP contribution < -0.4 is 21.5 Å². The summed E-state index contributed by atoms with van der Waals surface area (Å²) in [6, 6.07) is 1.90. The van der Waals surface area contributed by atoms with Gasteiger partial charge in [-0.2, -0.15) is 0 Å². The van der Waals surface area contributed by atoms with Crippen molar-refractivity contribution in [3.63, 3.8) is 0 Å². The Bertz CT molecular complexity index is 372. The Morgan fingerprint density at radius 3 is 2.65 bits per heavy atom. The lowest BCUT2D eigenvalue weighted by Crippen LogP contribution is -2.44. The maximum absolute atomic E-state index is 5.45. The van der Waals surface area contributed by atoms with E-state index in [1.807, 2.05) is 6.07 Å². The first kappa shape index (κ1) is 12.1. The van der Waals surface area contributed by atoms with Crippen LogP contribution in [0.15, 0.2) is 6.07 Å². The Morgan fingerprint density at radius 1 is 1.35 bits per heavy atom. The fraction of sp³-hybridized carbons (Fsp3) is 0.636.